The first-order chi connectivity index (χ1) is 4.83. The molecule has 1 aliphatic rings. The van der Waals surface area contributed by atoms with E-state index in [1.54, 1.807) is 0 Å². The fourth-order valence-corrected chi connectivity index (χ4v) is 0.444. The minimum atomic E-state index is -0.564. The van der Waals surface area contributed by atoms with Gasteiger partial charge in [0.15, 0.2) is 0 Å². The lowest BCUT2D eigenvalue weighted by Crippen LogP contribution is -2.21. The van der Waals surface area contributed by atoms with Crippen LogP contribution in [0.3, 0.4) is 0 Å². The molecule has 0 aliphatic carbocycles. The summed E-state index contributed by atoms with van der Waals surface area (Å²) in [7, 11) is 0. The van der Waals surface area contributed by atoms with E-state index in [1.165, 1.54) is 0 Å². The van der Waals surface area contributed by atoms with E-state index < -0.39 is 5.97 Å². The lowest BCUT2D eigenvalue weighted by Gasteiger charge is -2.06. The van der Waals surface area contributed by atoms with Gasteiger partial charge in [-0.1, -0.05) is 6.58 Å². The standard InChI is InChI=1S/C5H7NO4/c1-2-5(7)9-6-3-4-8-10-6/h2H,1,3-4H2. The molecule has 0 aromatic rings. The Morgan fingerprint density at radius 3 is 3.10 bits per heavy atom. The van der Waals surface area contributed by atoms with Crippen LogP contribution in [0.25, 0.3) is 0 Å². The summed E-state index contributed by atoms with van der Waals surface area (Å²) in [5.74, 6) is -0.564. The highest BCUT2D eigenvalue weighted by molar-refractivity contribution is 5.80. The molecule has 0 spiro atoms. The molecule has 0 radical (unpaired) electrons. The van der Waals surface area contributed by atoms with Gasteiger partial charge in [-0.2, -0.15) is 0 Å². The Balaban J connectivity index is 2.23. The fourth-order valence-electron chi connectivity index (χ4n) is 0.444. The Morgan fingerprint density at radius 1 is 1.80 bits per heavy atom. The van der Waals surface area contributed by atoms with Gasteiger partial charge in [0, 0.05) is 11.3 Å². The van der Waals surface area contributed by atoms with Crippen LogP contribution in [0.1, 0.15) is 0 Å². The highest BCUT2D eigenvalue weighted by Gasteiger charge is 2.17. The third-order valence-corrected chi connectivity index (χ3v) is 0.851. The Labute approximate surface area is 57.6 Å². The minimum absolute atomic E-state index is 0.393. The molecule has 0 aromatic carbocycles. The van der Waals surface area contributed by atoms with Gasteiger partial charge in [-0.05, 0) is 0 Å². The van der Waals surface area contributed by atoms with Gasteiger partial charge in [-0.15, -0.1) is 4.99 Å². The van der Waals surface area contributed by atoms with Crippen molar-refractivity contribution in [3.63, 3.8) is 0 Å². The van der Waals surface area contributed by atoms with Gasteiger partial charge < -0.3 is 4.84 Å². The maximum absolute atomic E-state index is 10.5. The van der Waals surface area contributed by atoms with Crippen molar-refractivity contribution in [2.24, 2.45) is 0 Å². The predicted molar refractivity (Wildman–Crippen MR) is 30.0 cm³/mol. The van der Waals surface area contributed by atoms with Gasteiger partial charge in [0.05, 0.1) is 6.54 Å². The van der Waals surface area contributed by atoms with E-state index in [9.17, 15) is 4.79 Å². The molecule has 1 heterocycles. The van der Waals surface area contributed by atoms with Crippen LogP contribution < -0.4 is 0 Å². The number of hydroxylamine groups is 2. The summed E-state index contributed by atoms with van der Waals surface area (Å²) >= 11 is 0. The lowest BCUT2D eigenvalue weighted by molar-refractivity contribution is -0.456. The van der Waals surface area contributed by atoms with E-state index >= 15 is 0 Å². The summed E-state index contributed by atoms with van der Waals surface area (Å²) in [5, 5.41) is 0.948. The van der Waals surface area contributed by atoms with Gasteiger partial charge in [-0.25, -0.2) is 9.68 Å². The molecule has 1 fully saturated rings. The Morgan fingerprint density at radius 2 is 2.60 bits per heavy atom. The summed E-state index contributed by atoms with van der Waals surface area (Å²) in [6.07, 6.45) is 1.04. The first-order valence-corrected chi connectivity index (χ1v) is 2.74. The number of hydrogen-bond acceptors (Lipinski definition) is 5. The molecule has 0 amide bonds. The van der Waals surface area contributed by atoms with E-state index in [1.807, 2.05) is 0 Å². The van der Waals surface area contributed by atoms with Gasteiger partial charge in [0.25, 0.3) is 0 Å². The highest BCUT2D eigenvalue weighted by Crippen LogP contribution is 2.01. The molecule has 0 atom stereocenters. The molecule has 0 bridgehead atoms. The van der Waals surface area contributed by atoms with Crippen LogP contribution in [-0.4, -0.2) is 24.3 Å². The molecule has 10 heavy (non-hydrogen) atoms. The Bertz CT molecular complexity index is 141. The minimum Gasteiger partial charge on any atom is -0.336 e. The van der Waals surface area contributed by atoms with Crippen LogP contribution in [0.5, 0.6) is 0 Å². The zero-order valence-corrected chi connectivity index (χ0v) is 5.28. The summed E-state index contributed by atoms with van der Waals surface area (Å²) in [6.45, 7) is 4.01. The molecule has 1 saturated heterocycles. The van der Waals surface area contributed by atoms with Crippen molar-refractivity contribution in [1.82, 2.24) is 5.23 Å². The molecule has 0 N–H and O–H groups in total. The van der Waals surface area contributed by atoms with Crippen LogP contribution in [0.4, 0.5) is 0 Å². The molecular formula is C5H7NO4. The van der Waals surface area contributed by atoms with Gasteiger partial charge in [0.2, 0.25) is 0 Å². The fraction of sp³-hybridized carbons (Fsp3) is 0.400. The smallest absolute Gasteiger partial charge is 0.336 e. The third kappa shape index (κ3) is 1.80. The van der Waals surface area contributed by atoms with E-state index in [0.29, 0.717) is 13.2 Å². The zero-order chi connectivity index (χ0) is 7.40. The average Bonchev–Trinajstić information content (AvgIpc) is 2.40. The van der Waals surface area contributed by atoms with Crippen LogP contribution in [0, 0.1) is 0 Å². The van der Waals surface area contributed by atoms with Crippen molar-refractivity contribution in [2.75, 3.05) is 13.2 Å². The Kier molecular flexibility index (Phi) is 2.38. The molecule has 5 heteroatoms. The van der Waals surface area contributed by atoms with Crippen LogP contribution in [0.2, 0.25) is 0 Å². The summed E-state index contributed by atoms with van der Waals surface area (Å²) in [4.78, 5) is 23.7. The number of rotatable bonds is 2. The maximum atomic E-state index is 10.5. The first-order valence-electron chi connectivity index (χ1n) is 2.74. The summed E-state index contributed by atoms with van der Waals surface area (Å²) < 4.78 is 0. The van der Waals surface area contributed by atoms with Crippen molar-refractivity contribution in [3.8, 4) is 0 Å². The van der Waals surface area contributed by atoms with Crippen LogP contribution >= 0.6 is 0 Å². The van der Waals surface area contributed by atoms with Gasteiger partial charge in [-0.3, -0.25) is 0 Å². The third-order valence-electron chi connectivity index (χ3n) is 0.851. The van der Waals surface area contributed by atoms with Crippen molar-refractivity contribution in [1.29, 1.82) is 0 Å². The van der Waals surface area contributed by atoms with Crippen molar-refractivity contribution in [2.45, 2.75) is 0 Å². The van der Waals surface area contributed by atoms with Crippen LogP contribution in [-0.2, 0) is 19.5 Å². The lowest BCUT2D eigenvalue weighted by atomic mass is 10.7. The highest BCUT2D eigenvalue weighted by atomic mass is 17.3. The van der Waals surface area contributed by atoms with E-state index in [2.05, 4.69) is 21.3 Å². The van der Waals surface area contributed by atoms with Gasteiger partial charge in [0.1, 0.15) is 6.61 Å². The molecule has 1 rings (SSSR count). The molecule has 0 saturated carbocycles. The molecule has 5 nitrogen and oxygen atoms in total. The SMILES string of the molecule is C=CC(=O)ON1CCOO1. The summed E-state index contributed by atoms with van der Waals surface area (Å²) in [5.41, 5.74) is 0. The molecule has 1 aliphatic heterocycles. The molecule has 0 aromatic heterocycles. The van der Waals surface area contributed by atoms with Crippen LogP contribution in [0.15, 0.2) is 12.7 Å². The average molecular weight is 145 g/mol. The largest absolute Gasteiger partial charge is 0.351 e. The van der Waals surface area contributed by atoms with E-state index in [-0.39, 0.29) is 0 Å². The number of nitrogens with zero attached hydrogens (tertiary/aromatic N) is 1. The van der Waals surface area contributed by atoms with Crippen molar-refractivity contribution >= 4 is 5.97 Å². The van der Waals surface area contributed by atoms with E-state index in [0.717, 1.165) is 11.3 Å². The van der Waals surface area contributed by atoms with Crippen molar-refractivity contribution < 1.29 is 19.5 Å². The quantitative estimate of drug-likeness (QED) is 0.398. The summed E-state index contributed by atoms with van der Waals surface area (Å²) in [6, 6.07) is 0. The van der Waals surface area contributed by atoms with Gasteiger partial charge >= 0.3 is 5.97 Å². The number of hydrogen-bond donors (Lipinski definition) is 0. The molecular weight excluding hydrogens is 138 g/mol. The molecule has 56 valence electrons. The Hall–Kier alpha value is -0.910. The second-order valence-electron chi connectivity index (χ2n) is 1.57. The van der Waals surface area contributed by atoms with Crippen molar-refractivity contribution in [3.05, 3.63) is 12.7 Å². The normalized spacial score (nSPS) is 18.8. The number of carbonyl (C=O) groups excluding carboxylic acids is 1. The van der Waals surface area contributed by atoms with E-state index in [4.69, 9.17) is 0 Å². The monoisotopic (exact) mass is 145 g/mol. The molecule has 0 unspecified atom stereocenters. The predicted octanol–water partition coefficient (Wildman–Crippen LogP) is -0.191. The maximum Gasteiger partial charge on any atom is 0.351 e. The second-order valence-corrected chi connectivity index (χ2v) is 1.57. The first kappa shape index (κ1) is 7.20. The second kappa shape index (κ2) is 3.31. The number of carbonyl (C=O) groups is 1. The zero-order valence-electron chi connectivity index (χ0n) is 5.28. The topological polar surface area (TPSA) is 48.0 Å².